The molecule has 0 fully saturated rings. The summed E-state index contributed by atoms with van der Waals surface area (Å²) in [4.78, 5) is 5.68. The summed E-state index contributed by atoms with van der Waals surface area (Å²) in [6, 6.07) is 0. The molecule has 1 unspecified atom stereocenters. The Kier molecular flexibility index (Phi) is 5.83. The highest BCUT2D eigenvalue weighted by molar-refractivity contribution is 7.11. The fourth-order valence-electron chi connectivity index (χ4n) is 1.38. The molecule has 1 atom stereocenters. The Hall–Kier alpha value is -0.450. The molecule has 15 heavy (non-hydrogen) atoms. The lowest BCUT2D eigenvalue weighted by Crippen LogP contribution is -2.12. The van der Waals surface area contributed by atoms with Gasteiger partial charge in [0, 0.05) is 24.7 Å². The average Bonchev–Trinajstić information content (AvgIpc) is 2.69. The Morgan fingerprint density at radius 3 is 2.93 bits per heavy atom. The van der Waals surface area contributed by atoms with Gasteiger partial charge in [-0.2, -0.15) is 0 Å². The van der Waals surface area contributed by atoms with Gasteiger partial charge in [0.05, 0.1) is 0 Å². The third kappa shape index (κ3) is 3.89. The van der Waals surface area contributed by atoms with Crippen molar-refractivity contribution < 1.29 is 4.74 Å². The number of hydrogen-bond acceptors (Lipinski definition) is 4. The zero-order valence-corrected chi connectivity index (χ0v) is 10.6. The smallest absolute Gasteiger partial charge is 0.122 e. The first-order chi connectivity index (χ1) is 7.31. The van der Waals surface area contributed by atoms with Crippen molar-refractivity contribution in [3.05, 3.63) is 16.1 Å². The van der Waals surface area contributed by atoms with Crippen molar-refractivity contribution in [1.29, 1.82) is 0 Å². The maximum atomic E-state index is 5.35. The molecule has 0 aliphatic rings. The van der Waals surface area contributed by atoms with Crippen LogP contribution in [-0.4, -0.2) is 18.6 Å². The maximum absolute atomic E-state index is 5.35. The van der Waals surface area contributed by atoms with Gasteiger partial charge in [-0.25, -0.2) is 4.98 Å². The molecule has 1 rings (SSSR count). The highest BCUT2D eigenvalue weighted by atomic mass is 32.1. The largest absolute Gasteiger partial charge is 0.374 e. The Morgan fingerprint density at radius 1 is 1.53 bits per heavy atom. The van der Waals surface area contributed by atoms with Gasteiger partial charge in [-0.05, 0) is 19.4 Å². The summed E-state index contributed by atoms with van der Waals surface area (Å²) in [6.07, 6.45) is 4.26. The van der Waals surface area contributed by atoms with E-state index < -0.39 is 0 Å². The van der Waals surface area contributed by atoms with Crippen molar-refractivity contribution in [2.75, 3.05) is 13.7 Å². The van der Waals surface area contributed by atoms with Crippen molar-refractivity contribution in [3.8, 4) is 0 Å². The van der Waals surface area contributed by atoms with Crippen LogP contribution in [0.5, 0.6) is 0 Å². The molecule has 0 spiro atoms. The number of thiazole rings is 1. The quantitative estimate of drug-likeness (QED) is 0.729. The molecule has 86 valence electrons. The lowest BCUT2D eigenvalue weighted by Gasteiger charge is -2.08. The summed E-state index contributed by atoms with van der Waals surface area (Å²) in [5.74, 6) is 0. The third-order valence-electron chi connectivity index (χ3n) is 2.23. The standard InChI is InChI=1S/C11H20N2OS/c1-4-6-12-7-9-8-13-11(15-9)10(5-2)14-3/h8,10,12H,4-7H2,1-3H3. The molecule has 1 heterocycles. The van der Waals surface area contributed by atoms with Gasteiger partial charge in [0.25, 0.3) is 0 Å². The summed E-state index contributed by atoms with van der Waals surface area (Å²) < 4.78 is 5.35. The summed E-state index contributed by atoms with van der Waals surface area (Å²) >= 11 is 1.74. The van der Waals surface area contributed by atoms with Gasteiger partial charge in [-0.15, -0.1) is 11.3 Å². The van der Waals surface area contributed by atoms with Gasteiger partial charge >= 0.3 is 0 Å². The van der Waals surface area contributed by atoms with E-state index in [1.807, 2.05) is 6.20 Å². The number of methoxy groups -OCH3 is 1. The topological polar surface area (TPSA) is 34.2 Å². The van der Waals surface area contributed by atoms with Gasteiger partial charge in [0.1, 0.15) is 11.1 Å². The van der Waals surface area contributed by atoms with Crippen LogP contribution in [0.15, 0.2) is 6.20 Å². The van der Waals surface area contributed by atoms with E-state index in [-0.39, 0.29) is 6.10 Å². The fraction of sp³-hybridized carbons (Fsp3) is 0.727. The van der Waals surface area contributed by atoms with Crippen molar-refractivity contribution in [2.24, 2.45) is 0 Å². The maximum Gasteiger partial charge on any atom is 0.122 e. The molecule has 0 amide bonds. The van der Waals surface area contributed by atoms with E-state index in [0.29, 0.717) is 0 Å². The summed E-state index contributed by atoms with van der Waals surface area (Å²) in [7, 11) is 1.74. The molecule has 0 aliphatic carbocycles. The van der Waals surface area contributed by atoms with Crippen LogP contribution in [0.25, 0.3) is 0 Å². The minimum Gasteiger partial charge on any atom is -0.374 e. The highest BCUT2D eigenvalue weighted by Gasteiger charge is 2.12. The van der Waals surface area contributed by atoms with Crippen molar-refractivity contribution in [3.63, 3.8) is 0 Å². The molecule has 0 saturated carbocycles. The van der Waals surface area contributed by atoms with E-state index in [1.54, 1.807) is 18.4 Å². The Bertz CT molecular complexity index is 271. The molecule has 0 aromatic carbocycles. The number of rotatable bonds is 7. The molecule has 4 heteroatoms. The molecule has 0 aliphatic heterocycles. The second-order valence-corrected chi connectivity index (χ2v) is 4.62. The molecule has 0 bridgehead atoms. The van der Waals surface area contributed by atoms with Gasteiger partial charge in [0.2, 0.25) is 0 Å². The second kappa shape index (κ2) is 6.93. The Morgan fingerprint density at radius 2 is 2.33 bits per heavy atom. The van der Waals surface area contributed by atoms with Crippen LogP contribution >= 0.6 is 11.3 Å². The van der Waals surface area contributed by atoms with Crippen LogP contribution in [0.1, 0.15) is 42.7 Å². The second-order valence-electron chi connectivity index (χ2n) is 3.47. The van der Waals surface area contributed by atoms with E-state index in [2.05, 4.69) is 24.1 Å². The number of ether oxygens (including phenoxy) is 1. The molecular formula is C11H20N2OS. The van der Waals surface area contributed by atoms with Crippen LogP contribution in [0, 0.1) is 0 Å². The van der Waals surface area contributed by atoms with Gasteiger partial charge in [-0.1, -0.05) is 13.8 Å². The Labute approximate surface area is 95.9 Å². The fourth-order valence-corrected chi connectivity index (χ4v) is 2.43. The monoisotopic (exact) mass is 228 g/mol. The third-order valence-corrected chi connectivity index (χ3v) is 3.32. The average molecular weight is 228 g/mol. The summed E-state index contributed by atoms with van der Waals surface area (Å²) in [5, 5.41) is 4.46. The predicted molar refractivity (Wildman–Crippen MR) is 64.2 cm³/mol. The van der Waals surface area contributed by atoms with Crippen LogP contribution < -0.4 is 5.32 Å². The minimum absolute atomic E-state index is 0.162. The van der Waals surface area contributed by atoms with Crippen molar-refractivity contribution in [1.82, 2.24) is 10.3 Å². The molecule has 1 aromatic heterocycles. The molecule has 1 aromatic rings. The molecule has 0 radical (unpaired) electrons. The molecule has 3 nitrogen and oxygen atoms in total. The van der Waals surface area contributed by atoms with Crippen molar-refractivity contribution >= 4 is 11.3 Å². The SMILES string of the molecule is CCCNCc1cnc(C(CC)OC)s1. The summed E-state index contributed by atoms with van der Waals surface area (Å²) in [5.41, 5.74) is 0. The molecule has 1 N–H and O–H groups in total. The van der Waals surface area contributed by atoms with Crippen LogP contribution in [0.4, 0.5) is 0 Å². The highest BCUT2D eigenvalue weighted by Crippen LogP contribution is 2.24. The zero-order chi connectivity index (χ0) is 11.1. The first-order valence-corrected chi connectivity index (χ1v) is 6.31. The molecule has 0 saturated heterocycles. The van der Waals surface area contributed by atoms with Crippen LogP contribution in [0.3, 0.4) is 0 Å². The van der Waals surface area contributed by atoms with Crippen LogP contribution in [0.2, 0.25) is 0 Å². The van der Waals surface area contributed by atoms with E-state index in [1.165, 1.54) is 11.3 Å². The van der Waals surface area contributed by atoms with E-state index in [4.69, 9.17) is 4.74 Å². The van der Waals surface area contributed by atoms with E-state index >= 15 is 0 Å². The normalized spacial score (nSPS) is 13.0. The lowest BCUT2D eigenvalue weighted by atomic mass is 10.3. The Balaban J connectivity index is 2.47. The van der Waals surface area contributed by atoms with Crippen molar-refractivity contribution in [2.45, 2.75) is 39.3 Å². The first kappa shape index (κ1) is 12.6. The van der Waals surface area contributed by atoms with Crippen LogP contribution in [-0.2, 0) is 11.3 Å². The lowest BCUT2D eigenvalue weighted by molar-refractivity contribution is 0.0998. The predicted octanol–water partition coefficient (Wildman–Crippen LogP) is 2.74. The van der Waals surface area contributed by atoms with Gasteiger partial charge < -0.3 is 10.1 Å². The minimum atomic E-state index is 0.162. The number of nitrogens with one attached hydrogen (secondary N) is 1. The number of hydrogen-bond donors (Lipinski definition) is 1. The van der Waals surface area contributed by atoms with E-state index in [9.17, 15) is 0 Å². The first-order valence-electron chi connectivity index (χ1n) is 5.49. The summed E-state index contributed by atoms with van der Waals surface area (Å²) in [6.45, 7) is 6.27. The van der Waals surface area contributed by atoms with E-state index in [0.717, 1.165) is 24.5 Å². The number of nitrogens with zero attached hydrogens (tertiary/aromatic N) is 1. The van der Waals surface area contributed by atoms with Gasteiger partial charge in [0.15, 0.2) is 0 Å². The van der Waals surface area contributed by atoms with Gasteiger partial charge in [-0.3, -0.25) is 0 Å². The zero-order valence-electron chi connectivity index (χ0n) is 9.75. The number of aromatic nitrogens is 1. The molecular weight excluding hydrogens is 208 g/mol.